The monoisotopic (exact) mass is 142 g/mol. The van der Waals surface area contributed by atoms with Gasteiger partial charge in [0.1, 0.15) is 0 Å². The Bertz CT molecular complexity index is 144. The highest BCUT2D eigenvalue weighted by atomic mass is 32.2. The molecule has 0 aromatic rings. The quantitative estimate of drug-likeness (QED) is 0.503. The molecule has 0 aromatic heterocycles. The lowest BCUT2D eigenvalue weighted by Crippen LogP contribution is -2.43. The van der Waals surface area contributed by atoms with Crippen molar-refractivity contribution in [1.82, 2.24) is 10.6 Å². The molecule has 0 saturated carbocycles. The van der Waals surface area contributed by atoms with Crippen LogP contribution in [0.3, 0.4) is 0 Å². The lowest BCUT2D eigenvalue weighted by Gasteiger charge is -2.21. The van der Waals surface area contributed by atoms with E-state index < -0.39 is 0 Å². The maximum absolute atomic E-state index is 3.38. The highest BCUT2D eigenvalue weighted by molar-refractivity contribution is 8.03. The van der Waals surface area contributed by atoms with E-state index in [2.05, 4.69) is 16.7 Å². The van der Waals surface area contributed by atoms with Crippen molar-refractivity contribution in [2.45, 2.75) is 6.17 Å². The van der Waals surface area contributed by atoms with E-state index in [1.165, 1.54) is 10.7 Å². The first kappa shape index (κ1) is 5.77. The number of nitrogens with one attached hydrogen (secondary N) is 2. The molecule has 1 unspecified atom stereocenters. The van der Waals surface area contributed by atoms with Crippen molar-refractivity contribution in [3.8, 4) is 0 Å². The number of hydrogen-bond acceptors (Lipinski definition) is 3. The van der Waals surface area contributed by atoms with Crippen molar-refractivity contribution >= 4 is 11.8 Å². The maximum Gasteiger partial charge on any atom is 0.0895 e. The van der Waals surface area contributed by atoms with Crippen LogP contribution < -0.4 is 10.6 Å². The fourth-order valence-electron chi connectivity index (χ4n) is 1.18. The molecule has 0 spiro atoms. The predicted octanol–water partition coefficient (Wildman–Crippen LogP) is 0.136. The van der Waals surface area contributed by atoms with Crippen LogP contribution in [0.25, 0.3) is 0 Å². The Morgan fingerprint density at radius 2 is 2.56 bits per heavy atom. The molecule has 1 atom stereocenters. The SMILES string of the molecule is C1=C2SCCNC2NC1. The summed E-state index contributed by atoms with van der Waals surface area (Å²) in [6, 6.07) is 0. The van der Waals surface area contributed by atoms with Crippen LogP contribution in [0.2, 0.25) is 0 Å². The average molecular weight is 142 g/mol. The minimum Gasteiger partial charge on any atom is -0.297 e. The van der Waals surface area contributed by atoms with E-state index in [4.69, 9.17) is 0 Å². The van der Waals surface area contributed by atoms with Gasteiger partial charge in [-0.15, -0.1) is 11.8 Å². The second-order valence-corrected chi connectivity index (χ2v) is 3.42. The first-order chi connectivity index (χ1) is 4.47. The van der Waals surface area contributed by atoms with Crippen LogP contribution in [0.15, 0.2) is 11.0 Å². The fraction of sp³-hybridized carbons (Fsp3) is 0.667. The molecule has 2 heterocycles. The average Bonchev–Trinajstić information content (AvgIpc) is 2.33. The summed E-state index contributed by atoms with van der Waals surface area (Å²) in [4.78, 5) is 1.49. The summed E-state index contributed by atoms with van der Waals surface area (Å²) in [6.07, 6.45) is 2.75. The molecule has 9 heavy (non-hydrogen) atoms. The molecule has 3 heteroatoms. The van der Waals surface area contributed by atoms with Gasteiger partial charge in [-0.3, -0.25) is 10.6 Å². The smallest absolute Gasteiger partial charge is 0.0895 e. The maximum atomic E-state index is 3.38. The van der Waals surface area contributed by atoms with Gasteiger partial charge in [0.15, 0.2) is 0 Å². The molecule has 1 saturated heterocycles. The fourth-order valence-corrected chi connectivity index (χ4v) is 2.17. The van der Waals surface area contributed by atoms with Crippen molar-refractivity contribution in [2.24, 2.45) is 0 Å². The van der Waals surface area contributed by atoms with E-state index in [9.17, 15) is 0 Å². The Morgan fingerprint density at radius 1 is 1.56 bits per heavy atom. The zero-order valence-electron chi connectivity index (χ0n) is 5.18. The van der Waals surface area contributed by atoms with E-state index in [1.807, 2.05) is 11.8 Å². The summed E-state index contributed by atoms with van der Waals surface area (Å²) in [5.74, 6) is 1.23. The Kier molecular flexibility index (Phi) is 1.49. The summed E-state index contributed by atoms with van der Waals surface area (Å²) in [7, 11) is 0. The van der Waals surface area contributed by atoms with Gasteiger partial charge in [-0.05, 0) is 0 Å². The van der Waals surface area contributed by atoms with Crippen LogP contribution in [0.1, 0.15) is 0 Å². The molecule has 2 aliphatic rings. The zero-order valence-corrected chi connectivity index (χ0v) is 6.00. The Morgan fingerprint density at radius 3 is 3.44 bits per heavy atom. The molecule has 0 bridgehead atoms. The van der Waals surface area contributed by atoms with Gasteiger partial charge in [-0.2, -0.15) is 0 Å². The van der Waals surface area contributed by atoms with Crippen molar-refractivity contribution in [2.75, 3.05) is 18.8 Å². The molecular weight excluding hydrogens is 132 g/mol. The van der Waals surface area contributed by atoms with Crippen molar-refractivity contribution in [3.05, 3.63) is 11.0 Å². The zero-order chi connectivity index (χ0) is 6.10. The van der Waals surface area contributed by atoms with Crippen molar-refractivity contribution in [1.29, 1.82) is 0 Å². The van der Waals surface area contributed by atoms with E-state index in [1.54, 1.807) is 0 Å². The lowest BCUT2D eigenvalue weighted by atomic mass is 10.4. The molecule has 2 N–H and O–H groups in total. The molecule has 0 aromatic carbocycles. The number of rotatable bonds is 0. The van der Waals surface area contributed by atoms with Crippen LogP contribution in [0, 0.1) is 0 Å². The summed E-state index contributed by atoms with van der Waals surface area (Å²) in [5, 5.41) is 6.71. The molecule has 0 amide bonds. The van der Waals surface area contributed by atoms with Gasteiger partial charge in [-0.25, -0.2) is 0 Å². The van der Waals surface area contributed by atoms with Gasteiger partial charge < -0.3 is 0 Å². The standard InChI is InChI=1S/C6H10N2S/c1-2-7-6-5(1)9-4-3-8-6/h1,6-8H,2-4H2. The Labute approximate surface area is 59.1 Å². The molecule has 2 nitrogen and oxygen atoms in total. The van der Waals surface area contributed by atoms with Gasteiger partial charge in [0, 0.05) is 23.7 Å². The van der Waals surface area contributed by atoms with Crippen LogP contribution in [-0.4, -0.2) is 25.0 Å². The molecule has 0 radical (unpaired) electrons. The Balaban J connectivity index is 2.09. The van der Waals surface area contributed by atoms with Crippen LogP contribution >= 0.6 is 11.8 Å². The molecule has 50 valence electrons. The summed E-state index contributed by atoms with van der Waals surface area (Å²) in [6.45, 7) is 2.18. The normalized spacial score (nSPS) is 33.8. The molecule has 2 rings (SSSR count). The third kappa shape index (κ3) is 1.000. The van der Waals surface area contributed by atoms with Crippen molar-refractivity contribution < 1.29 is 0 Å². The van der Waals surface area contributed by atoms with E-state index in [-0.39, 0.29) is 0 Å². The third-order valence-electron chi connectivity index (χ3n) is 1.63. The molecule has 2 aliphatic heterocycles. The third-order valence-corrected chi connectivity index (χ3v) is 2.77. The van der Waals surface area contributed by atoms with Gasteiger partial charge in [0.25, 0.3) is 0 Å². The van der Waals surface area contributed by atoms with Crippen LogP contribution in [0.4, 0.5) is 0 Å². The summed E-state index contributed by atoms with van der Waals surface area (Å²) in [5.41, 5.74) is 0. The first-order valence-corrected chi connectivity index (χ1v) is 4.25. The highest BCUT2D eigenvalue weighted by Gasteiger charge is 2.20. The number of fused-ring (bicyclic) bond motifs is 1. The lowest BCUT2D eigenvalue weighted by molar-refractivity contribution is 0.543. The van der Waals surface area contributed by atoms with Gasteiger partial charge in [0.2, 0.25) is 0 Å². The number of thioether (sulfide) groups is 1. The molecule has 1 fully saturated rings. The van der Waals surface area contributed by atoms with E-state index >= 15 is 0 Å². The minimum atomic E-state index is 0.490. The second kappa shape index (κ2) is 2.33. The van der Waals surface area contributed by atoms with Crippen molar-refractivity contribution in [3.63, 3.8) is 0 Å². The van der Waals surface area contributed by atoms with E-state index in [0.717, 1.165) is 13.1 Å². The van der Waals surface area contributed by atoms with Gasteiger partial charge in [0.05, 0.1) is 6.17 Å². The predicted molar refractivity (Wildman–Crippen MR) is 40.3 cm³/mol. The minimum absolute atomic E-state index is 0.490. The van der Waals surface area contributed by atoms with Gasteiger partial charge in [-0.1, -0.05) is 6.08 Å². The summed E-state index contributed by atoms with van der Waals surface area (Å²) < 4.78 is 0. The second-order valence-electron chi connectivity index (χ2n) is 2.25. The Hall–Kier alpha value is 0.01000. The molecule has 0 aliphatic carbocycles. The molecular formula is C6H10N2S. The van der Waals surface area contributed by atoms with Gasteiger partial charge >= 0.3 is 0 Å². The van der Waals surface area contributed by atoms with Crippen LogP contribution in [-0.2, 0) is 0 Å². The largest absolute Gasteiger partial charge is 0.297 e. The van der Waals surface area contributed by atoms with E-state index in [0.29, 0.717) is 6.17 Å². The van der Waals surface area contributed by atoms with Crippen LogP contribution in [0.5, 0.6) is 0 Å². The number of hydrogen-bond donors (Lipinski definition) is 2. The summed E-state index contributed by atoms with van der Waals surface area (Å²) >= 11 is 1.97. The first-order valence-electron chi connectivity index (χ1n) is 3.26. The highest BCUT2D eigenvalue weighted by Crippen LogP contribution is 2.23. The topological polar surface area (TPSA) is 24.1 Å².